The van der Waals surface area contributed by atoms with Crippen LogP contribution in [0.5, 0.6) is 0 Å². The van der Waals surface area contributed by atoms with Gasteiger partial charge in [0.1, 0.15) is 0 Å². The summed E-state index contributed by atoms with van der Waals surface area (Å²) in [5, 5.41) is 3.29. The highest BCUT2D eigenvalue weighted by atomic mass is 35.5. The summed E-state index contributed by atoms with van der Waals surface area (Å²) < 4.78 is 29.2. The van der Waals surface area contributed by atoms with E-state index in [2.05, 4.69) is 17.0 Å². The van der Waals surface area contributed by atoms with Crippen molar-refractivity contribution < 1.29 is 8.42 Å². The Kier molecular flexibility index (Phi) is 7.04. The molecule has 0 saturated carbocycles. The lowest BCUT2D eigenvalue weighted by atomic mass is 9.97. The summed E-state index contributed by atoms with van der Waals surface area (Å²) >= 11 is 0. The minimum absolute atomic E-state index is 0. The van der Waals surface area contributed by atoms with Gasteiger partial charge in [-0.3, -0.25) is 0 Å². The van der Waals surface area contributed by atoms with E-state index in [1.807, 2.05) is 0 Å². The average Bonchev–Trinajstić information content (AvgIpc) is 2.61. The molecule has 5 nitrogen and oxygen atoms in total. The van der Waals surface area contributed by atoms with Crippen molar-refractivity contribution in [1.29, 1.82) is 0 Å². The van der Waals surface area contributed by atoms with Crippen LogP contribution in [-0.4, -0.2) is 44.9 Å². The summed E-state index contributed by atoms with van der Waals surface area (Å²) in [6.45, 7) is 5.25. The lowest BCUT2D eigenvalue weighted by molar-refractivity contribution is 0.316. The predicted octanol–water partition coefficient (Wildman–Crippen LogP) is 1.12. The topological polar surface area (TPSA) is 61.4 Å². The van der Waals surface area contributed by atoms with E-state index in [-0.39, 0.29) is 18.4 Å². The third-order valence-electron chi connectivity index (χ3n) is 3.99. The maximum atomic E-state index is 12.3. The lowest BCUT2D eigenvalue weighted by Gasteiger charge is -2.32. The van der Waals surface area contributed by atoms with Crippen molar-refractivity contribution in [1.82, 2.24) is 14.3 Å². The second-order valence-electron chi connectivity index (χ2n) is 5.51. The van der Waals surface area contributed by atoms with Crippen LogP contribution < -0.4 is 10.0 Å². The van der Waals surface area contributed by atoms with Gasteiger partial charge in [-0.2, -0.15) is 17.4 Å². The van der Waals surface area contributed by atoms with E-state index < -0.39 is 10.2 Å². The van der Waals surface area contributed by atoms with E-state index >= 15 is 0 Å². The molecule has 0 aromatic rings. The Hall–Kier alpha value is 0.120. The van der Waals surface area contributed by atoms with Gasteiger partial charge in [-0.25, -0.2) is 0 Å². The SMILES string of the molecule is CC1CNCCC1NS(=O)(=O)N1CCCCCC1.Cl. The third-order valence-corrected chi connectivity index (χ3v) is 5.64. The molecule has 0 aromatic heterocycles. The van der Waals surface area contributed by atoms with Crippen LogP contribution in [0.1, 0.15) is 39.0 Å². The molecular formula is C12H26ClN3O2S. The predicted molar refractivity (Wildman–Crippen MR) is 79.8 cm³/mol. The smallest absolute Gasteiger partial charge is 0.279 e. The van der Waals surface area contributed by atoms with Crippen molar-refractivity contribution >= 4 is 22.6 Å². The molecule has 2 heterocycles. The van der Waals surface area contributed by atoms with Crippen molar-refractivity contribution in [3.63, 3.8) is 0 Å². The summed E-state index contributed by atoms with van der Waals surface area (Å²) in [5.74, 6) is 0.362. The highest BCUT2D eigenvalue weighted by molar-refractivity contribution is 7.87. The molecule has 2 N–H and O–H groups in total. The first-order chi connectivity index (χ1) is 8.59. The zero-order chi connectivity index (χ0) is 13.0. The first-order valence-corrected chi connectivity index (χ1v) is 8.52. The molecule has 0 bridgehead atoms. The Morgan fingerprint density at radius 2 is 1.79 bits per heavy atom. The highest BCUT2D eigenvalue weighted by Crippen LogP contribution is 2.16. The number of piperidine rings is 1. The molecule has 2 atom stereocenters. The Morgan fingerprint density at radius 1 is 1.16 bits per heavy atom. The van der Waals surface area contributed by atoms with Crippen molar-refractivity contribution in [2.45, 2.75) is 45.1 Å². The van der Waals surface area contributed by atoms with Crippen molar-refractivity contribution in [2.24, 2.45) is 5.92 Å². The van der Waals surface area contributed by atoms with Crippen LogP contribution in [0.25, 0.3) is 0 Å². The van der Waals surface area contributed by atoms with Gasteiger partial charge in [-0.15, -0.1) is 12.4 Å². The fourth-order valence-electron chi connectivity index (χ4n) is 2.74. The number of halogens is 1. The first-order valence-electron chi connectivity index (χ1n) is 7.08. The minimum atomic E-state index is -3.28. The van der Waals surface area contributed by atoms with Gasteiger partial charge in [0.2, 0.25) is 0 Å². The number of nitrogens with one attached hydrogen (secondary N) is 2. The molecule has 2 rings (SSSR count). The molecule has 0 aromatic carbocycles. The van der Waals surface area contributed by atoms with Gasteiger partial charge >= 0.3 is 0 Å². The molecule has 2 unspecified atom stereocenters. The molecule has 2 aliphatic rings. The lowest BCUT2D eigenvalue weighted by Crippen LogP contribution is -2.52. The quantitative estimate of drug-likeness (QED) is 0.821. The summed E-state index contributed by atoms with van der Waals surface area (Å²) in [7, 11) is -3.28. The molecule has 2 saturated heterocycles. The van der Waals surface area contributed by atoms with E-state index in [4.69, 9.17) is 0 Å². The van der Waals surface area contributed by atoms with E-state index in [0.29, 0.717) is 19.0 Å². The number of hydrogen-bond acceptors (Lipinski definition) is 3. The molecule has 2 aliphatic heterocycles. The van der Waals surface area contributed by atoms with Gasteiger partial charge in [0.25, 0.3) is 10.2 Å². The maximum Gasteiger partial charge on any atom is 0.279 e. The normalized spacial score (nSPS) is 30.4. The van der Waals surface area contributed by atoms with Gasteiger partial charge in [0, 0.05) is 19.1 Å². The van der Waals surface area contributed by atoms with E-state index in [1.165, 1.54) is 0 Å². The van der Waals surface area contributed by atoms with Crippen LogP contribution in [0, 0.1) is 5.92 Å². The second kappa shape index (κ2) is 7.78. The van der Waals surface area contributed by atoms with E-state index in [9.17, 15) is 8.42 Å². The molecule has 7 heteroatoms. The van der Waals surface area contributed by atoms with Crippen LogP contribution in [0.4, 0.5) is 0 Å². The van der Waals surface area contributed by atoms with Gasteiger partial charge < -0.3 is 5.32 Å². The molecule has 19 heavy (non-hydrogen) atoms. The van der Waals surface area contributed by atoms with Crippen molar-refractivity contribution in [3.8, 4) is 0 Å². The average molecular weight is 312 g/mol. The van der Waals surface area contributed by atoms with Crippen LogP contribution in [-0.2, 0) is 10.2 Å². The molecule has 114 valence electrons. The third kappa shape index (κ3) is 4.86. The van der Waals surface area contributed by atoms with Gasteiger partial charge in [0.15, 0.2) is 0 Å². The standard InChI is InChI=1S/C12H25N3O2S.ClH/c1-11-10-13-7-6-12(11)14-18(16,17)15-8-4-2-3-5-9-15;/h11-14H,2-10H2,1H3;1H. The van der Waals surface area contributed by atoms with Crippen LogP contribution >= 0.6 is 12.4 Å². The summed E-state index contributed by atoms with van der Waals surface area (Å²) in [4.78, 5) is 0. The summed E-state index contributed by atoms with van der Waals surface area (Å²) in [6.07, 6.45) is 5.16. The largest absolute Gasteiger partial charge is 0.316 e. The highest BCUT2D eigenvalue weighted by Gasteiger charge is 2.29. The molecule has 0 amide bonds. The van der Waals surface area contributed by atoms with Gasteiger partial charge in [-0.05, 0) is 38.3 Å². The Morgan fingerprint density at radius 3 is 2.37 bits per heavy atom. The first kappa shape index (κ1) is 17.2. The Bertz CT molecular complexity index is 356. The van der Waals surface area contributed by atoms with Crippen LogP contribution in [0.3, 0.4) is 0 Å². The number of nitrogens with zero attached hydrogens (tertiary/aromatic N) is 1. The Labute approximate surface area is 123 Å². The molecule has 2 fully saturated rings. The number of rotatable bonds is 3. The molecule has 0 radical (unpaired) electrons. The zero-order valence-corrected chi connectivity index (χ0v) is 13.2. The van der Waals surface area contributed by atoms with Crippen LogP contribution in [0.15, 0.2) is 0 Å². The minimum Gasteiger partial charge on any atom is -0.316 e. The summed E-state index contributed by atoms with van der Waals surface area (Å²) in [5.41, 5.74) is 0. The fourth-order valence-corrected chi connectivity index (χ4v) is 4.36. The Balaban J connectivity index is 0.00000180. The zero-order valence-electron chi connectivity index (χ0n) is 11.6. The van der Waals surface area contributed by atoms with Gasteiger partial charge in [0.05, 0.1) is 0 Å². The second-order valence-corrected chi connectivity index (χ2v) is 7.21. The van der Waals surface area contributed by atoms with Crippen LogP contribution in [0.2, 0.25) is 0 Å². The van der Waals surface area contributed by atoms with Crippen molar-refractivity contribution in [2.75, 3.05) is 26.2 Å². The maximum absolute atomic E-state index is 12.3. The number of hydrogen-bond donors (Lipinski definition) is 2. The molecule has 0 aliphatic carbocycles. The molecular weight excluding hydrogens is 286 g/mol. The monoisotopic (exact) mass is 311 g/mol. The fraction of sp³-hybridized carbons (Fsp3) is 1.00. The van der Waals surface area contributed by atoms with Crippen molar-refractivity contribution in [3.05, 3.63) is 0 Å². The van der Waals surface area contributed by atoms with E-state index in [0.717, 1.165) is 45.2 Å². The summed E-state index contributed by atoms with van der Waals surface area (Å²) in [6, 6.07) is 0.0829. The molecule has 0 spiro atoms. The van der Waals surface area contributed by atoms with Gasteiger partial charge in [-0.1, -0.05) is 19.8 Å². The van der Waals surface area contributed by atoms with E-state index in [1.54, 1.807) is 4.31 Å².